The van der Waals surface area contributed by atoms with Crippen LogP contribution in [0.5, 0.6) is 0 Å². The molecule has 1 amide bonds. The van der Waals surface area contributed by atoms with Gasteiger partial charge in [-0.3, -0.25) is 4.79 Å². The lowest BCUT2D eigenvalue weighted by molar-refractivity contribution is -0.146. The van der Waals surface area contributed by atoms with Crippen LogP contribution in [0.2, 0.25) is 0 Å². The largest absolute Gasteiger partial charge is 0.480 e. The van der Waals surface area contributed by atoms with Crippen LogP contribution in [0.25, 0.3) is 0 Å². The van der Waals surface area contributed by atoms with Crippen molar-refractivity contribution in [3.05, 3.63) is 0 Å². The first kappa shape index (κ1) is 9.76. The maximum Gasteiger partial charge on any atom is 0.326 e. The van der Waals surface area contributed by atoms with Crippen molar-refractivity contribution < 1.29 is 14.7 Å². The Hall–Kier alpha value is -0.330. The maximum absolute atomic E-state index is 11.2. The van der Waals surface area contributed by atoms with Crippen molar-refractivity contribution in [1.82, 2.24) is 4.90 Å². The van der Waals surface area contributed by atoms with E-state index in [0.29, 0.717) is 12.8 Å². The number of alkyl halides is 1. The molecule has 68 valence electrons. The van der Waals surface area contributed by atoms with Crippen LogP contribution in [0, 0.1) is 0 Å². The van der Waals surface area contributed by atoms with Gasteiger partial charge in [0.25, 0.3) is 0 Å². The van der Waals surface area contributed by atoms with Crippen molar-refractivity contribution in [1.29, 1.82) is 0 Å². The molecule has 12 heavy (non-hydrogen) atoms. The third-order valence-electron chi connectivity index (χ3n) is 1.92. The molecule has 4 nitrogen and oxygen atoms in total. The van der Waals surface area contributed by atoms with Gasteiger partial charge in [0.1, 0.15) is 6.04 Å². The average molecular weight is 283 g/mol. The molecule has 1 aliphatic rings. The Morgan fingerprint density at radius 1 is 1.83 bits per heavy atom. The molecule has 1 fully saturated rings. The van der Waals surface area contributed by atoms with E-state index < -0.39 is 12.0 Å². The van der Waals surface area contributed by atoms with Gasteiger partial charge in [-0.15, -0.1) is 0 Å². The van der Waals surface area contributed by atoms with Crippen LogP contribution < -0.4 is 0 Å². The molecule has 1 unspecified atom stereocenters. The number of carboxylic acids is 1. The highest BCUT2D eigenvalue weighted by Crippen LogP contribution is 2.24. The molecule has 1 N–H and O–H groups in total. The van der Waals surface area contributed by atoms with E-state index in [4.69, 9.17) is 5.11 Å². The van der Waals surface area contributed by atoms with Gasteiger partial charge in [-0.05, 0) is 13.3 Å². The first-order valence-corrected chi connectivity index (χ1v) is 4.96. The van der Waals surface area contributed by atoms with Crippen LogP contribution in [-0.4, -0.2) is 32.0 Å². The number of amides is 1. The quantitative estimate of drug-likeness (QED) is 0.464. The van der Waals surface area contributed by atoms with Crippen LogP contribution >= 0.6 is 22.6 Å². The highest BCUT2D eigenvalue weighted by molar-refractivity contribution is 14.1. The number of carbonyl (C=O) groups excluding carboxylic acids is 1. The van der Waals surface area contributed by atoms with Gasteiger partial charge in [0, 0.05) is 6.42 Å². The molecule has 0 spiro atoms. The molecule has 2 atom stereocenters. The zero-order valence-corrected chi connectivity index (χ0v) is 8.82. The minimum Gasteiger partial charge on any atom is -0.480 e. The predicted octanol–water partition coefficient (Wildman–Crippen LogP) is 0.843. The molecule has 1 rings (SSSR count). The fourth-order valence-corrected chi connectivity index (χ4v) is 2.09. The second kappa shape index (κ2) is 3.59. The number of carbonyl (C=O) groups is 2. The normalized spacial score (nSPS) is 26.0. The second-order valence-corrected chi connectivity index (χ2v) is 4.57. The first-order chi connectivity index (χ1) is 5.54. The Labute approximate surface area is 84.1 Å². The predicted molar refractivity (Wildman–Crippen MR) is 51.0 cm³/mol. The Bertz CT molecular complexity index is 217. The van der Waals surface area contributed by atoms with E-state index in [1.54, 1.807) is 0 Å². The van der Waals surface area contributed by atoms with Crippen LogP contribution in [0.3, 0.4) is 0 Å². The Morgan fingerprint density at radius 2 is 2.42 bits per heavy atom. The summed E-state index contributed by atoms with van der Waals surface area (Å²) in [5.74, 6) is -0.950. The van der Waals surface area contributed by atoms with Crippen molar-refractivity contribution in [2.75, 3.05) is 0 Å². The Balaban J connectivity index is 2.77. The van der Waals surface area contributed by atoms with Crippen LogP contribution in [-0.2, 0) is 9.59 Å². The smallest absolute Gasteiger partial charge is 0.326 e. The SMILES string of the molecule is CC(I)N1C(=O)CC[C@@H]1C(=O)O. The van der Waals surface area contributed by atoms with Gasteiger partial charge in [0.2, 0.25) is 5.91 Å². The minimum atomic E-state index is -0.899. The number of rotatable bonds is 2. The number of hydrogen-bond acceptors (Lipinski definition) is 2. The van der Waals surface area contributed by atoms with Gasteiger partial charge >= 0.3 is 5.97 Å². The topological polar surface area (TPSA) is 57.6 Å². The summed E-state index contributed by atoms with van der Waals surface area (Å²) < 4.78 is -0.0429. The summed E-state index contributed by atoms with van der Waals surface area (Å²) in [6, 6.07) is -0.607. The van der Waals surface area contributed by atoms with Crippen LogP contribution in [0.1, 0.15) is 19.8 Å². The van der Waals surface area contributed by atoms with Gasteiger partial charge in [0.05, 0.1) is 4.05 Å². The number of likely N-dealkylation sites (tertiary alicyclic amines) is 1. The lowest BCUT2D eigenvalue weighted by atomic mass is 10.2. The monoisotopic (exact) mass is 283 g/mol. The van der Waals surface area contributed by atoms with Crippen molar-refractivity contribution in [2.45, 2.75) is 29.9 Å². The third kappa shape index (κ3) is 1.70. The molecular weight excluding hydrogens is 273 g/mol. The zero-order chi connectivity index (χ0) is 9.30. The summed E-state index contributed by atoms with van der Waals surface area (Å²) >= 11 is 2.05. The van der Waals surface area contributed by atoms with E-state index in [0.717, 1.165) is 0 Å². The number of nitrogens with zero attached hydrogens (tertiary/aromatic N) is 1. The molecule has 0 aromatic rings. The molecule has 5 heteroatoms. The van der Waals surface area contributed by atoms with Crippen molar-refractivity contribution in [3.63, 3.8) is 0 Å². The van der Waals surface area contributed by atoms with E-state index >= 15 is 0 Å². The molecule has 0 aromatic carbocycles. The number of halogens is 1. The molecule has 1 aliphatic heterocycles. The summed E-state index contributed by atoms with van der Waals surface area (Å²) in [5, 5.41) is 8.75. The highest BCUT2D eigenvalue weighted by atomic mass is 127. The number of carboxylic acid groups (broad SMARTS) is 1. The fraction of sp³-hybridized carbons (Fsp3) is 0.714. The summed E-state index contributed by atoms with van der Waals surface area (Å²) in [7, 11) is 0. The number of hydrogen-bond donors (Lipinski definition) is 1. The Morgan fingerprint density at radius 3 is 2.75 bits per heavy atom. The van der Waals surface area contributed by atoms with Gasteiger partial charge in [-0.1, -0.05) is 22.6 Å². The number of aliphatic carboxylic acids is 1. The van der Waals surface area contributed by atoms with Gasteiger partial charge in [-0.25, -0.2) is 4.79 Å². The van der Waals surface area contributed by atoms with E-state index in [2.05, 4.69) is 22.6 Å². The fourth-order valence-electron chi connectivity index (χ4n) is 1.39. The summed E-state index contributed by atoms with van der Waals surface area (Å²) in [4.78, 5) is 23.3. The molecular formula is C7H10INO3. The van der Waals surface area contributed by atoms with Crippen molar-refractivity contribution in [3.8, 4) is 0 Å². The van der Waals surface area contributed by atoms with Gasteiger partial charge in [0.15, 0.2) is 0 Å². The van der Waals surface area contributed by atoms with E-state index in [1.807, 2.05) is 6.92 Å². The summed E-state index contributed by atoms with van der Waals surface area (Å²) in [6.07, 6.45) is 0.811. The second-order valence-electron chi connectivity index (χ2n) is 2.77. The zero-order valence-electron chi connectivity index (χ0n) is 6.66. The first-order valence-electron chi connectivity index (χ1n) is 3.72. The lowest BCUT2D eigenvalue weighted by Gasteiger charge is -2.24. The summed E-state index contributed by atoms with van der Waals surface area (Å²) in [6.45, 7) is 1.82. The third-order valence-corrected chi connectivity index (χ3v) is 2.52. The van der Waals surface area contributed by atoms with E-state index in [9.17, 15) is 9.59 Å². The lowest BCUT2D eigenvalue weighted by Crippen LogP contribution is -2.41. The molecule has 0 aromatic heterocycles. The summed E-state index contributed by atoms with van der Waals surface area (Å²) in [5.41, 5.74) is 0. The molecule has 1 heterocycles. The van der Waals surface area contributed by atoms with Gasteiger partial charge in [-0.2, -0.15) is 0 Å². The maximum atomic E-state index is 11.2. The van der Waals surface area contributed by atoms with E-state index in [1.165, 1.54) is 4.90 Å². The standard InChI is InChI=1S/C7H10INO3/c1-4(8)9-5(7(11)12)2-3-6(9)10/h4-5H,2-3H2,1H3,(H,11,12)/t4?,5-/m1/s1. The molecule has 0 radical (unpaired) electrons. The van der Waals surface area contributed by atoms with Crippen molar-refractivity contribution in [2.24, 2.45) is 0 Å². The highest BCUT2D eigenvalue weighted by Gasteiger charge is 2.37. The molecule has 1 saturated heterocycles. The van der Waals surface area contributed by atoms with Crippen LogP contribution in [0.15, 0.2) is 0 Å². The van der Waals surface area contributed by atoms with Crippen molar-refractivity contribution >= 4 is 34.5 Å². The van der Waals surface area contributed by atoms with E-state index in [-0.39, 0.29) is 9.96 Å². The minimum absolute atomic E-state index is 0.0429. The Kier molecular flexibility index (Phi) is 2.92. The molecule has 0 bridgehead atoms. The van der Waals surface area contributed by atoms with Gasteiger partial charge < -0.3 is 10.0 Å². The molecule has 0 aliphatic carbocycles. The molecule has 0 saturated carbocycles. The van der Waals surface area contributed by atoms with Crippen LogP contribution in [0.4, 0.5) is 0 Å². The average Bonchev–Trinajstić information content (AvgIpc) is 2.30.